The van der Waals surface area contributed by atoms with Crippen molar-refractivity contribution in [2.75, 3.05) is 18.8 Å². The van der Waals surface area contributed by atoms with Gasteiger partial charge < -0.3 is 5.32 Å². The molecule has 27 heavy (non-hydrogen) atoms. The predicted octanol–water partition coefficient (Wildman–Crippen LogP) is 4.23. The molecule has 0 spiro atoms. The molecule has 0 radical (unpaired) electrons. The Morgan fingerprint density at radius 1 is 1.30 bits per heavy atom. The summed E-state index contributed by atoms with van der Waals surface area (Å²) in [7, 11) is 0. The number of hydrogen-bond donors (Lipinski definition) is 1. The molecule has 1 aliphatic carbocycles. The van der Waals surface area contributed by atoms with E-state index in [-0.39, 0.29) is 25.6 Å². The number of hydrogen-bond acceptors (Lipinski definition) is 3. The maximum absolute atomic E-state index is 14.0. The van der Waals surface area contributed by atoms with Crippen LogP contribution in [0.1, 0.15) is 38.2 Å². The Morgan fingerprint density at radius 2 is 2.04 bits per heavy atom. The number of carbonyl (C=O) groups is 1. The number of alkyl halides is 3. The average Bonchev–Trinajstić information content (AvgIpc) is 3.23. The van der Waals surface area contributed by atoms with E-state index in [1.165, 1.54) is 0 Å². The molecule has 0 bridgehead atoms. The maximum atomic E-state index is 14.0. The number of halogens is 3. The molecule has 1 saturated heterocycles. The lowest BCUT2D eigenvalue weighted by atomic mass is 9.84. The van der Waals surface area contributed by atoms with Crippen LogP contribution in [0, 0.1) is 5.41 Å². The average molecular weight is 401 g/mol. The molecule has 1 aliphatic heterocycles. The van der Waals surface area contributed by atoms with Crippen LogP contribution >= 0.6 is 11.8 Å². The van der Waals surface area contributed by atoms with E-state index in [1.54, 1.807) is 4.90 Å². The summed E-state index contributed by atoms with van der Waals surface area (Å²) >= 11 is 1.83. The molecule has 3 nitrogen and oxygen atoms in total. The number of amides is 1. The SMILES string of the molecule is CCS[C@@H]1CC[C@H](NC(=O)[C@@]2(C(F)(F)F)CCN(Cc3ccccc3)C2)C1. The molecule has 0 unspecified atom stereocenters. The van der Waals surface area contributed by atoms with E-state index < -0.39 is 17.5 Å². The third kappa shape index (κ3) is 4.62. The summed E-state index contributed by atoms with van der Waals surface area (Å²) in [5, 5.41) is 3.19. The normalized spacial score (nSPS) is 29.2. The second-order valence-corrected chi connectivity index (χ2v) is 9.16. The minimum absolute atomic E-state index is 0.135. The van der Waals surface area contributed by atoms with Crippen LogP contribution < -0.4 is 5.32 Å². The lowest BCUT2D eigenvalue weighted by molar-refractivity contribution is -0.218. The van der Waals surface area contributed by atoms with Gasteiger partial charge in [0.25, 0.3) is 0 Å². The molecule has 1 aromatic carbocycles. The second kappa shape index (κ2) is 8.43. The van der Waals surface area contributed by atoms with Crippen LogP contribution in [0.4, 0.5) is 13.2 Å². The van der Waals surface area contributed by atoms with Crippen molar-refractivity contribution in [2.45, 2.75) is 56.6 Å². The molecular weight excluding hydrogens is 373 g/mol. The third-order valence-electron chi connectivity index (χ3n) is 5.70. The van der Waals surface area contributed by atoms with E-state index in [9.17, 15) is 18.0 Å². The molecule has 0 aromatic heterocycles. The standard InChI is InChI=1S/C20H27F3N2OS/c1-2-27-17-9-8-16(12-17)24-18(26)19(20(21,22)23)10-11-25(14-19)13-15-6-4-3-5-7-15/h3-7,16-17H,2,8-14H2,1H3,(H,24,26)/t16-,17+,19+/m0/s1. The summed E-state index contributed by atoms with van der Waals surface area (Å²) < 4.78 is 41.9. The Morgan fingerprint density at radius 3 is 2.70 bits per heavy atom. The molecule has 2 aliphatic rings. The topological polar surface area (TPSA) is 32.3 Å². The second-order valence-electron chi connectivity index (χ2n) is 7.59. The van der Waals surface area contributed by atoms with E-state index in [0.29, 0.717) is 11.8 Å². The van der Waals surface area contributed by atoms with Crippen molar-refractivity contribution in [3.63, 3.8) is 0 Å². The summed E-state index contributed by atoms with van der Waals surface area (Å²) in [5.41, 5.74) is -1.33. The first-order chi connectivity index (χ1) is 12.8. The zero-order valence-electron chi connectivity index (χ0n) is 15.6. The van der Waals surface area contributed by atoms with Gasteiger partial charge in [0.05, 0.1) is 0 Å². The monoisotopic (exact) mass is 400 g/mol. The number of rotatable bonds is 6. The van der Waals surface area contributed by atoms with Gasteiger partial charge in [0, 0.05) is 24.4 Å². The zero-order chi connectivity index (χ0) is 19.5. The van der Waals surface area contributed by atoms with Gasteiger partial charge in [-0.1, -0.05) is 37.3 Å². The number of likely N-dealkylation sites (tertiary alicyclic amines) is 1. The smallest absolute Gasteiger partial charge is 0.353 e. The van der Waals surface area contributed by atoms with Crippen molar-refractivity contribution in [3.05, 3.63) is 35.9 Å². The molecule has 1 saturated carbocycles. The maximum Gasteiger partial charge on any atom is 0.404 e. The molecule has 150 valence electrons. The van der Waals surface area contributed by atoms with E-state index in [1.807, 2.05) is 42.1 Å². The van der Waals surface area contributed by atoms with E-state index in [4.69, 9.17) is 0 Å². The van der Waals surface area contributed by atoms with Crippen LogP contribution in [0.5, 0.6) is 0 Å². The van der Waals surface area contributed by atoms with Crippen molar-refractivity contribution in [3.8, 4) is 0 Å². The number of carbonyl (C=O) groups excluding carboxylic acids is 1. The highest BCUT2D eigenvalue weighted by Crippen LogP contribution is 2.46. The third-order valence-corrected chi connectivity index (χ3v) is 6.93. The van der Waals surface area contributed by atoms with E-state index in [2.05, 4.69) is 12.2 Å². The lowest BCUT2D eigenvalue weighted by Gasteiger charge is -2.32. The van der Waals surface area contributed by atoms with Gasteiger partial charge in [0.1, 0.15) is 0 Å². The first kappa shape index (κ1) is 20.5. The first-order valence-electron chi connectivity index (χ1n) is 9.59. The highest BCUT2D eigenvalue weighted by atomic mass is 32.2. The van der Waals surface area contributed by atoms with Gasteiger partial charge in [-0.25, -0.2) is 0 Å². The lowest BCUT2D eigenvalue weighted by Crippen LogP contribution is -2.54. The van der Waals surface area contributed by atoms with E-state index in [0.717, 1.165) is 30.6 Å². The van der Waals surface area contributed by atoms with Crippen molar-refractivity contribution >= 4 is 17.7 Å². The van der Waals surface area contributed by atoms with Crippen molar-refractivity contribution in [1.82, 2.24) is 10.2 Å². The minimum atomic E-state index is -4.54. The first-order valence-corrected chi connectivity index (χ1v) is 10.6. The fourth-order valence-electron chi connectivity index (χ4n) is 4.19. The van der Waals surface area contributed by atoms with Gasteiger partial charge in [-0.15, -0.1) is 0 Å². The molecule has 3 atom stereocenters. The largest absolute Gasteiger partial charge is 0.404 e. The molecular formula is C20H27F3N2OS. The highest BCUT2D eigenvalue weighted by molar-refractivity contribution is 7.99. The summed E-state index contributed by atoms with van der Waals surface area (Å²) in [6.07, 6.45) is -2.21. The molecule has 2 fully saturated rings. The Balaban J connectivity index is 1.66. The summed E-state index contributed by atoms with van der Waals surface area (Å²) in [6.45, 7) is 2.53. The van der Waals surface area contributed by atoms with Gasteiger partial charge in [-0.2, -0.15) is 24.9 Å². The number of nitrogens with one attached hydrogen (secondary N) is 1. The summed E-state index contributed by atoms with van der Waals surface area (Å²) in [4.78, 5) is 14.5. The Hall–Kier alpha value is -1.21. The molecule has 1 amide bonds. The fraction of sp³-hybridized carbons (Fsp3) is 0.650. The van der Waals surface area contributed by atoms with Crippen LogP contribution in [0.2, 0.25) is 0 Å². The van der Waals surface area contributed by atoms with Gasteiger partial charge in [-0.05, 0) is 43.5 Å². The van der Waals surface area contributed by atoms with Crippen molar-refractivity contribution in [1.29, 1.82) is 0 Å². The van der Waals surface area contributed by atoms with Crippen LogP contribution in [0.15, 0.2) is 30.3 Å². The minimum Gasteiger partial charge on any atom is -0.353 e. The number of nitrogens with zero attached hydrogens (tertiary/aromatic N) is 1. The molecule has 1 N–H and O–H groups in total. The van der Waals surface area contributed by atoms with Crippen molar-refractivity contribution < 1.29 is 18.0 Å². The van der Waals surface area contributed by atoms with Crippen LogP contribution in [-0.4, -0.2) is 47.1 Å². The van der Waals surface area contributed by atoms with E-state index >= 15 is 0 Å². The fourth-order valence-corrected chi connectivity index (χ4v) is 5.34. The Labute approximate surface area is 163 Å². The highest BCUT2D eigenvalue weighted by Gasteiger charge is 2.63. The van der Waals surface area contributed by atoms with Crippen molar-refractivity contribution in [2.24, 2.45) is 5.41 Å². The van der Waals surface area contributed by atoms with Gasteiger partial charge in [0.15, 0.2) is 5.41 Å². The summed E-state index contributed by atoms with van der Waals surface area (Å²) in [6, 6.07) is 9.30. The molecule has 1 heterocycles. The Kier molecular flexibility index (Phi) is 6.41. The Bertz CT molecular complexity index is 640. The summed E-state index contributed by atoms with van der Waals surface area (Å²) in [5.74, 6) is 0.157. The zero-order valence-corrected chi connectivity index (χ0v) is 16.4. The van der Waals surface area contributed by atoms with Gasteiger partial charge in [-0.3, -0.25) is 9.69 Å². The quantitative estimate of drug-likeness (QED) is 0.776. The van der Waals surface area contributed by atoms with Crippen LogP contribution in [-0.2, 0) is 11.3 Å². The van der Waals surface area contributed by atoms with Gasteiger partial charge in [0.2, 0.25) is 5.91 Å². The molecule has 1 aromatic rings. The number of thioether (sulfide) groups is 1. The van der Waals surface area contributed by atoms with Gasteiger partial charge >= 0.3 is 6.18 Å². The van der Waals surface area contributed by atoms with Crippen LogP contribution in [0.25, 0.3) is 0 Å². The van der Waals surface area contributed by atoms with Crippen LogP contribution in [0.3, 0.4) is 0 Å². The molecule has 7 heteroatoms. The number of benzene rings is 1. The molecule has 3 rings (SSSR count). The predicted molar refractivity (Wildman–Crippen MR) is 103 cm³/mol.